The zero-order chi connectivity index (χ0) is 20.1. The Kier molecular flexibility index (Phi) is 5.92. The maximum Gasteiger partial charge on any atom is 0.255 e. The van der Waals surface area contributed by atoms with Crippen molar-refractivity contribution in [2.45, 2.75) is 18.9 Å². The fraction of sp³-hybridized carbons (Fsp3) is 0.240. The van der Waals surface area contributed by atoms with Crippen LogP contribution in [0.3, 0.4) is 0 Å². The number of ether oxygens (including phenoxy) is 1. The summed E-state index contributed by atoms with van der Waals surface area (Å²) in [4.78, 5) is 14.9. The van der Waals surface area contributed by atoms with E-state index in [2.05, 4.69) is 29.4 Å². The number of hydrogen-bond donors (Lipinski definition) is 1. The van der Waals surface area contributed by atoms with Crippen molar-refractivity contribution in [3.63, 3.8) is 0 Å². The molecule has 0 atom stereocenters. The van der Waals surface area contributed by atoms with Gasteiger partial charge < -0.3 is 15.0 Å². The normalized spacial score (nSPS) is 15.1. The number of rotatable bonds is 5. The summed E-state index contributed by atoms with van der Waals surface area (Å²) < 4.78 is 6.06. The maximum absolute atomic E-state index is 12.5. The van der Waals surface area contributed by atoms with E-state index in [1.807, 2.05) is 66.7 Å². The highest BCUT2D eigenvalue weighted by Gasteiger charge is 2.18. The number of carbonyl (C=O) groups excluding carboxylic acids is 1. The summed E-state index contributed by atoms with van der Waals surface area (Å²) >= 11 is 0. The molecule has 0 radical (unpaired) electrons. The largest absolute Gasteiger partial charge is 0.490 e. The molecule has 0 saturated carbocycles. The number of likely N-dealkylation sites (tertiary alicyclic amines) is 1. The molecule has 4 rings (SSSR count). The number of carbonyl (C=O) groups is 1. The average Bonchev–Trinajstić information content (AvgIpc) is 2.77. The summed E-state index contributed by atoms with van der Waals surface area (Å²) in [5.41, 5.74) is 3.63. The van der Waals surface area contributed by atoms with Gasteiger partial charge >= 0.3 is 0 Å². The number of piperidine rings is 1. The minimum atomic E-state index is -0.117. The topological polar surface area (TPSA) is 41.6 Å². The summed E-state index contributed by atoms with van der Waals surface area (Å²) in [5, 5.41) is 2.95. The van der Waals surface area contributed by atoms with E-state index in [1.54, 1.807) is 0 Å². The third-order valence-electron chi connectivity index (χ3n) is 5.33. The highest BCUT2D eigenvalue weighted by molar-refractivity contribution is 6.04. The van der Waals surface area contributed by atoms with Gasteiger partial charge in [-0.25, -0.2) is 0 Å². The summed E-state index contributed by atoms with van der Waals surface area (Å²) in [7, 11) is 2.14. The zero-order valence-corrected chi connectivity index (χ0v) is 16.7. The fourth-order valence-corrected chi connectivity index (χ4v) is 3.56. The third kappa shape index (κ3) is 5.04. The molecule has 0 spiro atoms. The second kappa shape index (κ2) is 8.93. The standard InChI is InChI=1S/C25H26N2O2/c1-27-17-15-24(16-18-27)29-23-13-11-22(12-14-23)26-25(28)21-9-7-20(8-10-21)19-5-3-2-4-6-19/h2-14,24H,15-18H2,1H3,(H,26,28). The Bertz CT molecular complexity index is 929. The molecule has 148 valence electrons. The number of amides is 1. The van der Waals surface area contributed by atoms with Gasteiger partial charge in [0.15, 0.2) is 0 Å². The Morgan fingerprint density at radius 3 is 2.14 bits per heavy atom. The van der Waals surface area contributed by atoms with E-state index in [9.17, 15) is 4.79 Å². The molecule has 4 heteroatoms. The Labute approximate surface area is 172 Å². The van der Waals surface area contributed by atoms with Crippen molar-refractivity contribution >= 4 is 11.6 Å². The molecule has 1 aliphatic heterocycles. The molecule has 0 aromatic heterocycles. The number of hydrogen-bond acceptors (Lipinski definition) is 3. The summed E-state index contributed by atoms with van der Waals surface area (Å²) in [6, 6.07) is 25.4. The minimum Gasteiger partial charge on any atom is -0.490 e. The lowest BCUT2D eigenvalue weighted by Crippen LogP contribution is -2.35. The first-order valence-corrected chi connectivity index (χ1v) is 10.1. The van der Waals surface area contributed by atoms with Crippen molar-refractivity contribution < 1.29 is 9.53 Å². The van der Waals surface area contributed by atoms with Crippen molar-refractivity contribution in [1.82, 2.24) is 4.90 Å². The molecule has 1 saturated heterocycles. The van der Waals surface area contributed by atoms with Crippen LogP contribution in [0.25, 0.3) is 11.1 Å². The zero-order valence-electron chi connectivity index (χ0n) is 16.7. The van der Waals surface area contributed by atoms with Gasteiger partial charge in [-0.3, -0.25) is 4.79 Å². The van der Waals surface area contributed by atoms with Crippen molar-refractivity contribution in [3.05, 3.63) is 84.4 Å². The third-order valence-corrected chi connectivity index (χ3v) is 5.33. The number of nitrogens with one attached hydrogen (secondary N) is 1. The van der Waals surface area contributed by atoms with E-state index in [-0.39, 0.29) is 12.0 Å². The van der Waals surface area contributed by atoms with Crippen LogP contribution in [0, 0.1) is 0 Å². The highest BCUT2D eigenvalue weighted by atomic mass is 16.5. The van der Waals surface area contributed by atoms with Crippen LogP contribution in [0.4, 0.5) is 5.69 Å². The first-order chi connectivity index (χ1) is 14.2. The van der Waals surface area contributed by atoms with Crippen LogP contribution in [0.2, 0.25) is 0 Å². The number of anilines is 1. The molecule has 1 aliphatic rings. The Balaban J connectivity index is 1.34. The van der Waals surface area contributed by atoms with E-state index in [0.29, 0.717) is 5.56 Å². The lowest BCUT2D eigenvalue weighted by atomic mass is 10.0. The predicted octanol–water partition coefficient (Wildman–Crippen LogP) is 5.08. The quantitative estimate of drug-likeness (QED) is 0.665. The van der Waals surface area contributed by atoms with Crippen LogP contribution in [0.1, 0.15) is 23.2 Å². The molecular weight excluding hydrogens is 360 g/mol. The number of nitrogens with zero attached hydrogens (tertiary/aromatic N) is 1. The molecule has 1 heterocycles. The van der Waals surface area contributed by atoms with Crippen LogP contribution < -0.4 is 10.1 Å². The van der Waals surface area contributed by atoms with Crippen molar-refractivity contribution in [3.8, 4) is 16.9 Å². The molecule has 0 unspecified atom stereocenters. The molecule has 3 aromatic carbocycles. The van der Waals surface area contributed by atoms with Gasteiger partial charge in [0.25, 0.3) is 5.91 Å². The maximum atomic E-state index is 12.5. The SMILES string of the molecule is CN1CCC(Oc2ccc(NC(=O)c3ccc(-c4ccccc4)cc3)cc2)CC1. The van der Waals surface area contributed by atoms with E-state index in [0.717, 1.165) is 48.5 Å². The first-order valence-electron chi connectivity index (χ1n) is 10.1. The Morgan fingerprint density at radius 2 is 1.48 bits per heavy atom. The van der Waals surface area contributed by atoms with E-state index >= 15 is 0 Å². The van der Waals surface area contributed by atoms with Crippen molar-refractivity contribution in [2.75, 3.05) is 25.5 Å². The monoisotopic (exact) mass is 386 g/mol. The van der Waals surface area contributed by atoms with Crippen LogP contribution in [-0.4, -0.2) is 37.0 Å². The van der Waals surface area contributed by atoms with Crippen LogP contribution in [-0.2, 0) is 0 Å². The summed E-state index contributed by atoms with van der Waals surface area (Å²) in [6.07, 6.45) is 2.37. The molecule has 1 amide bonds. The van der Waals surface area contributed by atoms with Crippen molar-refractivity contribution in [1.29, 1.82) is 0 Å². The molecule has 1 fully saturated rings. The fourth-order valence-electron chi connectivity index (χ4n) is 3.56. The molecule has 29 heavy (non-hydrogen) atoms. The minimum absolute atomic E-state index is 0.117. The summed E-state index contributed by atoms with van der Waals surface area (Å²) in [5.74, 6) is 0.735. The molecular formula is C25H26N2O2. The first kappa shape index (κ1) is 19.2. The second-order valence-corrected chi connectivity index (χ2v) is 7.54. The molecule has 0 bridgehead atoms. The van der Waals surface area contributed by atoms with Gasteiger partial charge in [0.05, 0.1) is 0 Å². The Morgan fingerprint density at radius 1 is 0.862 bits per heavy atom. The van der Waals surface area contributed by atoms with Crippen LogP contribution in [0.5, 0.6) is 5.75 Å². The lowest BCUT2D eigenvalue weighted by Gasteiger charge is -2.29. The van der Waals surface area contributed by atoms with Gasteiger partial charge in [0.1, 0.15) is 11.9 Å². The van der Waals surface area contributed by atoms with E-state index in [4.69, 9.17) is 4.74 Å². The predicted molar refractivity (Wildman–Crippen MR) is 117 cm³/mol. The molecule has 3 aromatic rings. The van der Waals surface area contributed by atoms with Gasteiger partial charge in [-0.15, -0.1) is 0 Å². The lowest BCUT2D eigenvalue weighted by molar-refractivity contribution is 0.102. The average molecular weight is 386 g/mol. The van der Waals surface area contributed by atoms with Gasteiger partial charge in [-0.2, -0.15) is 0 Å². The van der Waals surface area contributed by atoms with Crippen LogP contribution in [0.15, 0.2) is 78.9 Å². The van der Waals surface area contributed by atoms with Gasteiger partial charge in [-0.1, -0.05) is 42.5 Å². The molecule has 0 aliphatic carbocycles. The number of benzene rings is 3. The van der Waals surface area contributed by atoms with E-state index < -0.39 is 0 Å². The highest BCUT2D eigenvalue weighted by Crippen LogP contribution is 2.22. The smallest absolute Gasteiger partial charge is 0.255 e. The van der Waals surface area contributed by atoms with Gasteiger partial charge in [-0.05, 0) is 67.4 Å². The Hall–Kier alpha value is -3.11. The molecule has 4 nitrogen and oxygen atoms in total. The second-order valence-electron chi connectivity index (χ2n) is 7.54. The van der Waals surface area contributed by atoms with E-state index in [1.165, 1.54) is 0 Å². The molecule has 1 N–H and O–H groups in total. The van der Waals surface area contributed by atoms with Gasteiger partial charge in [0.2, 0.25) is 0 Å². The summed E-state index contributed by atoms with van der Waals surface area (Å²) in [6.45, 7) is 2.14. The van der Waals surface area contributed by atoms with Crippen molar-refractivity contribution in [2.24, 2.45) is 0 Å². The van der Waals surface area contributed by atoms with Gasteiger partial charge in [0, 0.05) is 24.3 Å². The van der Waals surface area contributed by atoms with Crippen LogP contribution >= 0.6 is 0 Å².